The standard InChI is InChI=1S/C10H24N2O4S2/c1-6-18(15,16)7-9(2)11-8-10(3,4)12-17(5,13)14/h9,11-12H,6-8H2,1-5H3. The predicted octanol–water partition coefficient (Wildman–Crippen LogP) is -0.273. The van der Waals surface area contributed by atoms with Crippen molar-refractivity contribution in [2.75, 3.05) is 24.3 Å². The van der Waals surface area contributed by atoms with Crippen LogP contribution in [0.5, 0.6) is 0 Å². The summed E-state index contributed by atoms with van der Waals surface area (Å²) in [6.07, 6.45) is 1.10. The van der Waals surface area contributed by atoms with E-state index in [0.717, 1.165) is 6.26 Å². The van der Waals surface area contributed by atoms with Gasteiger partial charge >= 0.3 is 0 Å². The van der Waals surface area contributed by atoms with Crippen LogP contribution in [0.3, 0.4) is 0 Å². The average molecular weight is 300 g/mol. The Morgan fingerprint density at radius 2 is 1.67 bits per heavy atom. The van der Waals surface area contributed by atoms with E-state index >= 15 is 0 Å². The van der Waals surface area contributed by atoms with E-state index in [1.165, 1.54) is 0 Å². The molecule has 0 saturated carbocycles. The number of nitrogens with one attached hydrogen (secondary N) is 2. The van der Waals surface area contributed by atoms with Crippen LogP contribution in [-0.4, -0.2) is 52.7 Å². The molecule has 8 heteroatoms. The number of hydrogen-bond donors (Lipinski definition) is 2. The molecule has 0 aromatic carbocycles. The number of sulfone groups is 1. The third-order valence-electron chi connectivity index (χ3n) is 2.30. The molecule has 0 spiro atoms. The van der Waals surface area contributed by atoms with E-state index in [0.29, 0.717) is 6.54 Å². The quantitative estimate of drug-likeness (QED) is 0.643. The van der Waals surface area contributed by atoms with Crippen molar-refractivity contribution in [3.05, 3.63) is 0 Å². The molecular weight excluding hydrogens is 276 g/mol. The molecule has 18 heavy (non-hydrogen) atoms. The SMILES string of the molecule is CCS(=O)(=O)CC(C)NCC(C)(C)NS(C)(=O)=O. The van der Waals surface area contributed by atoms with E-state index in [1.54, 1.807) is 27.7 Å². The third-order valence-corrected chi connectivity index (χ3v) is 5.11. The van der Waals surface area contributed by atoms with Crippen molar-refractivity contribution in [2.24, 2.45) is 0 Å². The number of sulfonamides is 1. The minimum atomic E-state index is -3.28. The minimum Gasteiger partial charge on any atom is -0.311 e. The first-order valence-electron chi connectivity index (χ1n) is 5.79. The highest BCUT2D eigenvalue weighted by Gasteiger charge is 2.23. The van der Waals surface area contributed by atoms with Gasteiger partial charge in [-0.1, -0.05) is 6.92 Å². The highest BCUT2D eigenvalue weighted by atomic mass is 32.2. The van der Waals surface area contributed by atoms with Crippen LogP contribution >= 0.6 is 0 Å². The van der Waals surface area contributed by atoms with Crippen LogP contribution in [0.1, 0.15) is 27.7 Å². The number of hydrogen-bond acceptors (Lipinski definition) is 5. The van der Waals surface area contributed by atoms with Gasteiger partial charge in [0.15, 0.2) is 9.84 Å². The molecule has 0 aromatic rings. The van der Waals surface area contributed by atoms with Crippen molar-refractivity contribution in [1.29, 1.82) is 0 Å². The molecule has 2 N–H and O–H groups in total. The lowest BCUT2D eigenvalue weighted by molar-refractivity contribution is 0.403. The smallest absolute Gasteiger partial charge is 0.209 e. The molecule has 0 aromatic heterocycles. The molecule has 6 nitrogen and oxygen atoms in total. The van der Waals surface area contributed by atoms with Crippen LogP contribution in [-0.2, 0) is 19.9 Å². The third kappa shape index (κ3) is 8.84. The molecule has 0 saturated heterocycles. The highest BCUT2D eigenvalue weighted by Crippen LogP contribution is 2.03. The lowest BCUT2D eigenvalue weighted by Crippen LogP contribution is -2.52. The summed E-state index contributed by atoms with van der Waals surface area (Å²) in [7, 11) is -6.30. The monoisotopic (exact) mass is 300 g/mol. The summed E-state index contributed by atoms with van der Waals surface area (Å²) in [5.41, 5.74) is -0.655. The van der Waals surface area contributed by atoms with Crippen molar-refractivity contribution in [3.63, 3.8) is 0 Å². The zero-order chi connectivity index (χ0) is 14.6. The van der Waals surface area contributed by atoms with Crippen LogP contribution < -0.4 is 10.0 Å². The molecule has 0 amide bonds. The first-order valence-corrected chi connectivity index (χ1v) is 9.51. The fraction of sp³-hybridized carbons (Fsp3) is 1.00. The molecule has 0 heterocycles. The second-order valence-corrected chi connectivity index (χ2v) is 9.39. The van der Waals surface area contributed by atoms with Gasteiger partial charge in [0.1, 0.15) is 0 Å². The summed E-state index contributed by atoms with van der Waals surface area (Å²) in [5, 5.41) is 3.03. The zero-order valence-corrected chi connectivity index (χ0v) is 13.3. The second kappa shape index (κ2) is 6.31. The van der Waals surface area contributed by atoms with Crippen molar-refractivity contribution in [1.82, 2.24) is 10.0 Å². The number of rotatable bonds is 8. The molecule has 0 rings (SSSR count). The Morgan fingerprint density at radius 3 is 2.06 bits per heavy atom. The van der Waals surface area contributed by atoms with Gasteiger partial charge in [-0.05, 0) is 20.8 Å². The normalized spacial score (nSPS) is 15.6. The Morgan fingerprint density at radius 1 is 1.17 bits per heavy atom. The summed E-state index contributed by atoms with van der Waals surface area (Å²) in [5.74, 6) is 0.169. The molecule has 110 valence electrons. The van der Waals surface area contributed by atoms with E-state index in [1.807, 2.05) is 0 Å². The van der Waals surface area contributed by atoms with Crippen LogP contribution in [0.4, 0.5) is 0 Å². The molecule has 0 aliphatic carbocycles. The molecule has 0 aliphatic rings. The van der Waals surface area contributed by atoms with Crippen molar-refractivity contribution >= 4 is 19.9 Å². The van der Waals surface area contributed by atoms with Crippen molar-refractivity contribution in [3.8, 4) is 0 Å². The Balaban J connectivity index is 4.33. The Bertz CT molecular complexity index is 454. The van der Waals surface area contributed by atoms with Gasteiger partial charge in [-0.3, -0.25) is 0 Å². The maximum atomic E-state index is 11.4. The van der Waals surface area contributed by atoms with E-state index < -0.39 is 25.4 Å². The zero-order valence-electron chi connectivity index (χ0n) is 11.6. The largest absolute Gasteiger partial charge is 0.311 e. The topological polar surface area (TPSA) is 92.3 Å². The van der Waals surface area contributed by atoms with E-state index in [-0.39, 0.29) is 17.5 Å². The van der Waals surface area contributed by atoms with E-state index in [4.69, 9.17) is 0 Å². The summed E-state index contributed by atoms with van der Waals surface area (Å²) in [4.78, 5) is 0. The van der Waals surface area contributed by atoms with Gasteiger partial charge in [0.25, 0.3) is 0 Å². The van der Waals surface area contributed by atoms with Gasteiger partial charge in [-0.25, -0.2) is 21.6 Å². The highest BCUT2D eigenvalue weighted by molar-refractivity contribution is 7.91. The molecule has 0 bridgehead atoms. The summed E-state index contributed by atoms with van der Waals surface area (Å²) in [6.45, 7) is 7.21. The van der Waals surface area contributed by atoms with Crippen molar-refractivity contribution < 1.29 is 16.8 Å². The molecular formula is C10H24N2O4S2. The summed E-state index contributed by atoms with van der Waals surface area (Å²) in [6, 6.07) is -0.212. The van der Waals surface area contributed by atoms with Gasteiger partial charge in [-0.15, -0.1) is 0 Å². The summed E-state index contributed by atoms with van der Waals surface area (Å²) >= 11 is 0. The summed E-state index contributed by atoms with van der Waals surface area (Å²) < 4.78 is 47.6. The van der Waals surface area contributed by atoms with Crippen LogP contribution in [0, 0.1) is 0 Å². The fourth-order valence-corrected chi connectivity index (χ4v) is 3.72. The van der Waals surface area contributed by atoms with Gasteiger partial charge in [0, 0.05) is 23.9 Å². The molecule has 1 atom stereocenters. The first-order chi connectivity index (χ1) is 7.87. The van der Waals surface area contributed by atoms with Gasteiger partial charge in [-0.2, -0.15) is 0 Å². The van der Waals surface area contributed by atoms with Gasteiger partial charge in [0.2, 0.25) is 10.0 Å². The fourth-order valence-electron chi connectivity index (χ4n) is 1.53. The van der Waals surface area contributed by atoms with E-state index in [2.05, 4.69) is 10.0 Å². The average Bonchev–Trinajstić information content (AvgIpc) is 2.11. The molecule has 1 unspecified atom stereocenters. The first kappa shape index (κ1) is 17.8. The second-order valence-electron chi connectivity index (χ2n) is 5.24. The van der Waals surface area contributed by atoms with Crippen LogP contribution in [0.25, 0.3) is 0 Å². The Hall–Kier alpha value is -0.180. The molecule has 0 radical (unpaired) electrons. The molecule has 0 fully saturated rings. The minimum absolute atomic E-state index is 0.0540. The van der Waals surface area contributed by atoms with Crippen LogP contribution in [0.2, 0.25) is 0 Å². The lowest BCUT2D eigenvalue weighted by atomic mass is 10.1. The maximum Gasteiger partial charge on any atom is 0.209 e. The van der Waals surface area contributed by atoms with Gasteiger partial charge in [0.05, 0.1) is 12.0 Å². The molecule has 0 aliphatic heterocycles. The lowest BCUT2D eigenvalue weighted by Gasteiger charge is -2.27. The van der Waals surface area contributed by atoms with Crippen molar-refractivity contribution in [2.45, 2.75) is 39.3 Å². The Kier molecular flexibility index (Phi) is 6.25. The predicted molar refractivity (Wildman–Crippen MR) is 73.9 cm³/mol. The maximum absolute atomic E-state index is 11.4. The van der Waals surface area contributed by atoms with E-state index in [9.17, 15) is 16.8 Å². The van der Waals surface area contributed by atoms with Gasteiger partial charge < -0.3 is 5.32 Å². The van der Waals surface area contributed by atoms with Crippen LogP contribution in [0.15, 0.2) is 0 Å². The Labute approximate surface area is 111 Å².